The van der Waals surface area contributed by atoms with Crippen molar-refractivity contribution >= 4 is 16.9 Å². The molecule has 0 bridgehead atoms. The molecule has 2 aromatic carbocycles. The summed E-state index contributed by atoms with van der Waals surface area (Å²) in [5.41, 5.74) is 2.84. The highest BCUT2D eigenvalue weighted by molar-refractivity contribution is 6.07. The van der Waals surface area contributed by atoms with Gasteiger partial charge in [-0.05, 0) is 46.9 Å². The van der Waals surface area contributed by atoms with E-state index in [4.69, 9.17) is 4.42 Å². The molecule has 0 atom stereocenters. The van der Waals surface area contributed by atoms with Crippen molar-refractivity contribution in [3.05, 3.63) is 75.9 Å². The Kier molecular flexibility index (Phi) is 4.19. The third-order valence-corrected chi connectivity index (χ3v) is 5.06. The summed E-state index contributed by atoms with van der Waals surface area (Å²) in [5, 5.41) is 20.5. The first kappa shape index (κ1) is 18.7. The number of hydrogen-bond donors (Lipinski definition) is 2. The zero-order chi connectivity index (χ0) is 20.9. The highest BCUT2D eigenvalue weighted by atomic mass is 16.4. The lowest BCUT2D eigenvalue weighted by Gasteiger charge is -2.22. The summed E-state index contributed by atoms with van der Waals surface area (Å²) in [6.45, 7) is 6.08. The second-order valence-electron chi connectivity index (χ2n) is 8.13. The van der Waals surface area contributed by atoms with Gasteiger partial charge < -0.3 is 14.6 Å². The quantitative estimate of drug-likeness (QED) is 0.457. The summed E-state index contributed by atoms with van der Waals surface area (Å²) in [6, 6.07) is 14.5. The lowest BCUT2D eigenvalue weighted by molar-refractivity contribution is 0.0697. The molecular weight excluding hydrogens is 368 g/mol. The molecule has 29 heavy (non-hydrogen) atoms. The molecule has 2 aromatic rings. The lowest BCUT2D eigenvalue weighted by Crippen LogP contribution is -2.13. The number of carbonyl (C=O) groups is 1. The lowest BCUT2D eigenvalue weighted by atomic mass is 9.83. The van der Waals surface area contributed by atoms with Gasteiger partial charge in [0.15, 0.2) is 5.43 Å². The zero-order valence-corrected chi connectivity index (χ0v) is 16.3. The zero-order valence-electron chi connectivity index (χ0n) is 16.3. The van der Waals surface area contributed by atoms with Crippen LogP contribution in [0.3, 0.4) is 0 Å². The number of fused-ring (bicyclic) bond motifs is 2. The Morgan fingerprint density at radius 2 is 1.66 bits per heavy atom. The van der Waals surface area contributed by atoms with Gasteiger partial charge in [-0.1, -0.05) is 32.9 Å². The largest absolute Gasteiger partial charge is 0.508 e. The van der Waals surface area contributed by atoms with Crippen molar-refractivity contribution in [1.82, 2.24) is 0 Å². The molecule has 4 rings (SSSR count). The maximum atomic E-state index is 12.1. The van der Waals surface area contributed by atoms with Crippen LogP contribution in [0.4, 0.5) is 0 Å². The third kappa shape index (κ3) is 3.25. The fourth-order valence-corrected chi connectivity index (χ4v) is 3.56. The number of aromatic carboxylic acids is 1. The number of rotatable bonds is 2. The van der Waals surface area contributed by atoms with Crippen LogP contribution in [-0.2, 0) is 5.41 Å². The number of carboxylic acids is 1. The molecule has 0 saturated carbocycles. The van der Waals surface area contributed by atoms with Crippen LogP contribution in [0.2, 0.25) is 0 Å². The van der Waals surface area contributed by atoms with Gasteiger partial charge in [-0.3, -0.25) is 4.79 Å². The van der Waals surface area contributed by atoms with E-state index in [2.05, 4.69) is 0 Å². The molecule has 2 N–H and O–H groups in total. The average Bonchev–Trinajstić information content (AvgIpc) is 2.64. The maximum Gasteiger partial charge on any atom is 0.336 e. The van der Waals surface area contributed by atoms with E-state index in [9.17, 15) is 19.8 Å². The fraction of sp³-hybridized carbons (Fsp3) is 0.167. The van der Waals surface area contributed by atoms with Crippen LogP contribution in [0.15, 0.2) is 63.8 Å². The van der Waals surface area contributed by atoms with E-state index >= 15 is 0 Å². The molecule has 0 radical (unpaired) electrons. The summed E-state index contributed by atoms with van der Waals surface area (Å²) >= 11 is 0. The molecule has 0 saturated heterocycles. The molecule has 0 aromatic heterocycles. The Morgan fingerprint density at radius 1 is 0.931 bits per heavy atom. The van der Waals surface area contributed by atoms with Gasteiger partial charge in [-0.2, -0.15) is 0 Å². The second-order valence-corrected chi connectivity index (χ2v) is 8.13. The van der Waals surface area contributed by atoms with Crippen molar-refractivity contribution in [2.24, 2.45) is 0 Å². The monoisotopic (exact) mass is 388 g/mol. The molecule has 5 nitrogen and oxygen atoms in total. The van der Waals surface area contributed by atoms with Crippen LogP contribution in [0.25, 0.3) is 33.4 Å². The molecule has 5 heteroatoms. The van der Waals surface area contributed by atoms with E-state index in [0.717, 1.165) is 5.56 Å². The summed E-state index contributed by atoms with van der Waals surface area (Å²) in [5.74, 6) is -0.680. The van der Waals surface area contributed by atoms with E-state index in [-0.39, 0.29) is 22.2 Å². The summed E-state index contributed by atoms with van der Waals surface area (Å²) in [7, 11) is 0. The molecule has 1 aliphatic heterocycles. The van der Waals surface area contributed by atoms with E-state index in [1.807, 2.05) is 26.8 Å². The molecule has 146 valence electrons. The Bertz CT molecular complexity index is 1290. The van der Waals surface area contributed by atoms with Gasteiger partial charge in [0, 0.05) is 28.6 Å². The fourth-order valence-electron chi connectivity index (χ4n) is 3.56. The van der Waals surface area contributed by atoms with Gasteiger partial charge >= 0.3 is 5.97 Å². The molecule has 1 heterocycles. The summed E-state index contributed by atoms with van der Waals surface area (Å²) < 4.78 is 5.84. The molecule has 1 aliphatic carbocycles. The number of carboxylic acid groups (broad SMARTS) is 1. The molecule has 0 spiro atoms. The Balaban J connectivity index is 2.15. The van der Waals surface area contributed by atoms with Crippen LogP contribution in [0.1, 0.15) is 36.7 Å². The number of hydrogen-bond acceptors (Lipinski definition) is 4. The van der Waals surface area contributed by atoms with Gasteiger partial charge in [0.2, 0.25) is 0 Å². The predicted octanol–water partition coefficient (Wildman–Crippen LogP) is 5.27. The van der Waals surface area contributed by atoms with Crippen LogP contribution < -0.4 is 5.43 Å². The van der Waals surface area contributed by atoms with E-state index < -0.39 is 5.97 Å². The second kappa shape index (κ2) is 6.48. The predicted molar refractivity (Wildman–Crippen MR) is 112 cm³/mol. The van der Waals surface area contributed by atoms with Crippen molar-refractivity contribution < 1.29 is 19.4 Å². The molecule has 0 amide bonds. The van der Waals surface area contributed by atoms with Gasteiger partial charge in [-0.15, -0.1) is 0 Å². The number of phenolic OH excluding ortho intramolecular Hbond substituents is 1. The highest BCUT2D eigenvalue weighted by Crippen LogP contribution is 2.42. The molecular formula is C24H20O5. The van der Waals surface area contributed by atoms with Crippen molar-refractivity contribution in [2.45, 2.75) is 26.2 Å². The Morgan fingerprint density at radius 3 is 2.34 bits per heavy atom. The number of phenols is 1. The van der Waals surface area contributed by atoms with Crippen LogP contribution in [-0.4, -0.2) is 16.2 Å². The van der Waals surface area contributed by atoms with E-state index in [1.54, 1.807) is 24.3 Å². The van der Waals surface area contributed by atoms with Crippen molar-refractivity contribution in [2.75, 3.05) is 0 Å². The minimum absolute atomic E-state index is 0.0198. The first-order valence-corrected chi connectivity index (χ1v) is 9.23. The van der Waals surface area contributed by atoms with Crippen molar-refractivity contribution in [3.63, 3.8) is 0 Å². The summed E-state index contributed by atoms with van der Waals surface area (Å²) in [4.78, 5) is 24.0. The first-order valence-electron chi connectivity index (χ1n) is 9.23. The highest BCUT2D eigenvalue weighted by Gasteiger charge is 2.24. The minimum atomic E-state index is -1.03. The van der Waals surface area contributed by atoms with Crippen LogP contribution >= 0.6 is 0 Å². The van der Waals surface area contributed by atoms with Crippen LogP contribution in [0, 0.1) is 0 Å². The number of aromatic hydroxyl groups is 1. The van der Waals surface area contributed by atoms with Crippen LogP contribution in [0.5, 0.6) is 5.75 Å². The average molecular weight is 388 g/mol. The van der Waals surface area contributed by atoms with Gasteiger partial charge in [-0.25, -0.2) is 4.79 Å². The molecule has 0 unspecified atom stereocenters. The maximum absolute atomic E-state index is 12.1. The summed E-state index contributed by atoms with van der Waals surface area (Å²) in [6.07, 6.45) is 0. The first-order chi connectivity index (χ1) is 13.6. The minimum Gasteiger partial charge on any atom is -0.508 e. The number of benzene rings is 3. The molecule has 2 aliphatic rings. The van der Waals surface area contributed by atoms with Gasteiger partial charge in [0.05, 0.1) is 5.56 Å². The normalized spacial score (nSPS) is 11.8. The van der Waals surface area contributed by atoms with E-state index in [0.29, 0.717) is 33.4 Å². The molecule has 0 fully saturated rings. The Hall–Kier alpha value is -3.60. The topological polar surface area (TPSA) is 87.7 Å². The third-order valence-electron chi connectivity index (χ3n) is 5.06. The SMILES string of the molecule is CC(C)(C)c1ccc(-c2c3ccc(=O)cc-3oc3cc(O)ccc23)c(C(=O)O)c1. The Labute approximate surface area is 167 Å². The van der Waals surface area contributed by atoms with Gasteiger partial charge in [0.1, 0.15) is 17.1 Å². The van der Waals surface area contributed by atoms with Gasteiger partial charge in [0.25, 0.3) is 0 Å². The standard InChI is InChI=1S/C24H20O5/c1-24(2,3)13-4-7-16(19(10-13)23(27)28)22-17-8-5-14(25)11-20(17)29-21-12-15(26)6-9-18(21)22/h4-12,25H,1-3H3,(H,27,28). The smallest absolute Gasteiger partial charge is 0.336 e. The van der Waals surface area contributed by atoms with Crippen molar-refractivity contribution in [1.29, 1.82) is 0 Å². The van der Waals surface area contributed by atoms with E-state index in [1.165, 1.54) is 24.3 Å². The van der Waals surface area contributed by atoms with Crippen molar-refractivity contribution in [3.8, 4) is 28.2 Å².